The molecule has 2 aromatic carbocycles. The SMILES string of the molecule is CC(C)(O)c1cc(Nc2cc(Oc3cn(C4CC4)nc3-c3ccccc3)ccn2)ccc1C(F)(F)F. The summed E-state index contributed by atoms with van der Waals surface area (Å²) < 4.78 is 48.4. The molecular formula is C27H25F3N4O2. The van der Waals surface area contributed by atoms with Gasteiger partial charge >= 0.3 is 6.18 Å². The highest BCUT2D eigenvalue weighted by Gasteiger charge is 2.37. The van der Waals surface area contributed by atoms with Crippen LogP contribution in [-0.4, -0.2) is 19.9 Å². The van der Waals surface area contributed by atoms with Crippen LogP contribution in [0.2, 0.25) is 0 Å². The van der Waals surface area contributed by atoms with Crippen LogP contribution in [0, 0.1) is 0 Å². The topological polar surface area (TPSA) is 72.2 Å². The van der Waals surface area contributed by atoms with Gasteiger partial charge in [0.1, 0.15) is 17.3 Å². The van der Waals surface area contributed by atoms with Crippen molar-refractivity contribution in [1.29, 1.82) is 0 Å². The number of hydrogen-bond acceptors (Lipinski definition) is 5. The number of nitrogens with one attached hydrogen (secondary N) is 1. The van der Waals surface area contributed by atoms with Gasteiger partial charge in [-0.3, -0.25) is 4.68 Å². The molecule has 0 bridgehead atoms. The maximum Gasteiger partial charge on any atom is 0.416 e. The van der Waals surface area contributed by atoms with E-state index in [2.05, 4.69) is 10.3 Å². The predicted octanol–water partition coefficient (Wildman–Crippen LogP) is 7.06. The minimum Gasteiger partial charge on any atom is -0.453 e. The second-order valence-corrected chi connectivity index (χ2v) is 9.34. The fraction of sp³-hybridized carbons (Fsp3) is 0.259. The summed E-state index contributed by atoms with van der Waals surface area (Å²) in [6.45, 7) is 2.64. The number of anilines is 2. The summed E-state index contributed by atoms with van der Waals surface area (Å²) in [5.41, 5.74) is -0.777. The normalized spacial score (nSPS) is 14.1. The second-order valence-electron chi connectivity index (χ2n) is 9.34. The zero-order chi connectivity index (χ0) is 25.5. The first-order chi connectivity index (χ1) is 17.1. The highest BCUT2D eigenvalue weighted by molar-refractivity contribution is 5.67. The van der Waals surface area contributed by atoms with E-state index in [1.165, 1.54) is 26.0 Å². The second kappa shape index (κ2) is 8.98. The lowest BCUT2D eigenvalue weighted by Gasteiger charge is -2.24. The minimum atomic E-state index is -4.58. The largest absolute Gasteiger partial charge is 0.453 e. The molecule has 1 aliphatic carbocycles. The first kappa shape index (κ1) is 23.9. The standard InChI is InChI=1S/C27H25F3N4O2/c1-26(2,35)22-14-18(8-11-21(22)27(28,29)30)32-24-15-20(12-13-31-24)36-23-16-34(19-9-10-19)33-25(23)17-6-4-3-5-7-17/h3-8,11-16,19,35H,9-10H2,1-2H3,(H,31,32). The molecule has 0 amide bonds. The maximum absolute atomic E-state index is 13.4. The van der Waals surface area contributed by atoms with Crippen LogP contribution in [0.25, 0.3) is 11.3 Å². The Labute approximate surface area is 206 Å². The van der Waals surface area contributed by atoms with E-state index in [-0.39, 0.29) is 5.56 Å². The van der Waals surface area contributed by atoms with E-state index < -0.39 is 17.3 Å². The van der Waals surface area contributed by atoms with Gasteiger partial charge in [0.05, 0.1) is 23.4 Å². The number of halogens is 3. The Morgan fingerprint density at radius 3 is 2.42 bits per heavy atom. The smallest absolute Gasteiger partial charge is 0.416 e. The number of alkyl halides is 3. The van der Waals surface area contributed by atoms with Gasteiger partial charge in [0.15, 0.2) is 5.75 Å². The van der Waals surface area contributed by atoms with E-state index in [0.29, 0.717) is 29.0 Å². The quantitative estimate of drug-likeness (QED) is 0.288. The van der Waals surface area contributed by atoms with Gasteiger partial charge in [0.25, 0.3) is 0 Å². The molecule has 2 aromatic heterocycles. The monoisotopic (exact) mass is 494 g/mol. The van der Waals surface area contributed by atoms with Gasteiger partial charge in [-0.2, -0.15) is 18.3 Å². The lowest BCUT2D eigenvalue weighted by molar-refractivity contribution is -0.140. The van der Waals surface area contributed by atoms with Gasteiger partial charge in [-0.05, 0) is 56.5 Å². The molecule has 5 rings (SSSR count). The van der Waals surface area contributed by atoms with Crippen LogP contribution in [0.3, 0.4) is 0 Å². The van der Waals surface area contributed by atoms with E-state index >= 15 is 0 Å². The molecule has 4 aromatic rings. The van der Waals surface area contributed by atoms with Crippen molar-refractivity contribution in [3.63, 3.8) is 0 Å². The zero-order valence-electron chi connectivity index (χ0n) is 19.8. The molecular weight excluding hydrogens is 469 g/mol. The van der Waals surface area contributed by atoms with Crippen LogP contribution < -0.4 is 10.1 Å². The van der Waals surface area contributed by atoms with Crippen LogP contribution in [0.15, 0.2) is 73.1 Å². The third kappa shape index (κ3) is 5.21. The fourth-order valence-corrected chi connectivity index (χ4v) is 3.96. The summed E-state index contributed by atoms with van der Waals surface area (Å²) >= 11 is 0. The molecule has 36 heavy (non-hydrogen) atoms. The van der Waals surface area contributed by atoms with Crippen molar-refractivity contribution >= 4 is 11.5 Å². The first-order valence-electron chi connectivity index (χ1n) is 11.6. The summed E-state index contributed by atoms with van der Waals surface area (Å²) in [6.07, 6.45) is 1.02. The third-order valence-electron chi connectivity index (χ3n) is 5.88. The molecule has 186 valence electrons. The molecule has 6 nitrogen and oxygen atoms in total. The minimum absolute atomic E-state index is 0.229. The predicted molar refractivity (Wildman–Crippen MR) is 130 cm³/mol. The number of rotatable bonds is 7. The number of ether oxygens (including phenoxy) is 1. The lowest BCUT2D eigenvalue weighted by Crippen LogP contribution is -2.22. The van der Waals surface area contributed by atoms with E-state index in [9.17, 15) is 18.3 Å². The lowest BCUT2D eigenvalue weighted by atomic mass is 9.92. The molecule has 9 heteroatoms. The van der Waals surface area contributed by atoms with Crippen LogP contribution in [-0.2, 0) is 11.8 Å². The molecule has 0 spiro atoms. The van der Waals surface area contributed by atoms with Crippen LogP contribution in [0.1, 0.15) is 43.9 Å². The number of hydrogen-bond donors (Lipinski definition) is 2. The molecule has 2 heterocycles. The van der Waals surface area contributed by atoms with Crippen molar-refractivity contribution in [3.8, 4) is 22.8 Å². The van der Waals surface area contributed by atoms with Crippen molar-refractivity contribution in [2.75, 3.05) is 5.32 Å². The fourth-order valence-electron chi connectivity index (χ4n) is 3.96. The Morgan fingerprint density at radius 2 is 1.75 bits per heavy atom. The average molecular weight is 495 g/mol. The zero-order valence-corrected chi connectivity index (χ0v) is 19.8. The first-order valence-corrected chi connectivity index (χ1v) is 11.6. The Balaban J connectivity index is 1.42. The van der Waals surface area contributed by atoms with Gasteiger partial charge in [-0.15, -0.1) is 0 Å². The average Bonchev–Trinajstić information content (AvgIpc) is 3.59. The summed E-state index contributed by atoms with van der Waals surface area (Å²) in [6, 6.07) is 17.0. The van der Waals surface area contributed by atoms with E-state index in [1.54, 1.807) is 18.3 Å². The highest BCUT2D eigenvalue weighted by Crippen LogP contribution is 2.41. The van der Waals surface area contributed by atoms with Crippen molar-refractivity contribution in [2.24, 2.45) is 0 Å². The number of nitrogens with zero attached hydrogens (tertiary/aromatic N) is 3. The van der Waals surface area contributed by atoms with Gasteiger partial charge < -0.3 is 15.2 Å². The van der Waals surface area contributed by atoms with Crippen molar-refractivity contribution < 1.29 is 23.0 Å². The van der Waals surface area contributed by atoms with Crippen molar-refractivity contribution in [1.82, 2.24) is 14.8 Å². The third-order valence-corrected chi connectivity index (χ3v) is 5.88. The van der Waals surface area contributed by atoms with Gasteiger partial charge in [0, 0.05) is 23.5 Å². The molecule has 2 N–H and O–H groups in total. The number of pyridine rings is 1. The Morgan fingerprint density at radius 1 is 1.00 bits per heavy atom. The van der Waals surface area contributed by atoms with E-state index in [4.69, 9.17) is 9.84 Å². The Bertz CT molecular complexity index is 1370. The number of aliphatic hydroxyl groups is 1. The van der Waals surface area contributed by atoms with Crippen LogP contribution in [0.4, 0.5) is 24.7 Å². The highest BCUT2D eigenvalue weighted by atomic mass is 19.4. The molecule has 0 unspecified atom stereocenters. The Hall–Kier alpha value is -3.85. The molecule has 0 atom stereocenters. The van der Waals surface area contributed by atoms with Crippen LogP contribution in [0.5, 0.6) is 11.5 Å². The summed E-state index contributed by atoms with van der Waals surface area (Å²) in [4.78, 5) is 4.27. The van der Waals surface area contributed by atoms with Gasteiger partial charge in [-0.25, -0.2) is 4.98 Å². The number of aromatic nitrogens is 3. The Kier molecular flexibility index (Phi) is 5.96. The molecule has 0 saturated heterocycles. The van der Waals surface area contributed by atoms with Gasteiger partial charge in [-0.1, -0.05) is 30.3 Å². The maximum atomic E-state index is 13.4. The van der Waals surface area contributed by atoms with Crippen molar-refractivity contribution in [3.05, 3.63) is 84.2 Å². The van der Waals surface area contributed by atoms with Crippen LogP contribution >= 0.6 is 0 Å². The molecule has 1 saturated carbocycles. The van der Waals surface area contributed by atoms with E-state index in [1.807, 2.05) is 41.2 Å². The van der Waals surface area contributed by atoms with E-state index in [0.717, 1.165) is 30.2 Å². The summed E-state index contributed by atoms with van der Waals surface area (Å²) in [5.74, 6) is 1.48. The summed E-state index contributed by atoms with van der Waals surface area (Å²) in [7, 11) is 0. The number of benzene rings is 2. The van der Waals surface area contributed by atoms with Gasteiger partial charge in [0.2, 0.25) is 0 Å². The molecule has 0 radical (unpaired) electrons. The molecule has 0 aliphatic heterocycles. The molecule has 1 aliphatic rings. The van der Waals surface area contributed by atoms with Crippen molar-refractivity contribution in [2.45, 2.75) is 44.5 Å². The summed E-state index contributed by atoms with van der Waals surface area (Å²) in [5, 5.41) is 18.1. The molecule has 1 fully saturated rings.